The minimum Gasteiger partial charge on any atom is -0.497 e. The van der Waals surface area contributed by atoms with Crippen molar-refractivity contribution in [1.82, 2.24) is 0 Å². The van der Waals surface area contributed by atoms with Crippen molar-refractivity contribution in [2.75, 3.05) is 25.6 Å². The highest BCUT2D eigenvalue weighted by molar-refractivity contribution is 5.73. The van der Waals surface area contributed by atoms with Crippen molar-refractivity contribution in [2.24, 2.45) is 0 Å². The summed E-state index contributed by atoms with van der Waals surface area (Å²) >= 11 is 0. The second-order valence-electron chi connectivity index (χ2n) is 5.07. The molecular weight excluding hydrogens is 302 g/mol. The Kier molecular flexibility index (Phi) is 6.73. The van der Waals surface area contributed by atoms with Crippen LogP contribution in [0.3, 0.4) is 0 Å². The molecule has 0 radical (unpaired) electrons. The van der Waals surface area contributed by atoms with Gasteiger partial charge in [-0.25, -0.2) is 0 Å². The third kappa shape index (κ3) is 5.69. The summed E-state index contributed by atoms with van der Waals surface area (Å²) in [6.45, 7) is 2.72. The third-order valence-corrected chi connectivity index (χ3v) is 3.26. The fourth-order valence-electron chi connectivity index (χ4n) is 2.16. The Labute approximate surface area is 142 Å². The topological polar surface area (TPSA) is 47.6 Å². The quantitative estimate of drug-likeness (QED) is 0.655. The van der Waals surface area contributed by atoms with E-state index in [1.54, 1.807) is 14.0 Å². The summed E-state index contributed by atoms with van der Waals surface area (Å²) in [5.74, 6) is 6.74. The number of carbonyl (C=O) groups is 1. The van der Waals surface area contributed by atoms with Crippen LogP contribution in [0.5, 0.6) is 5.75 Å². The van der Waals surface area contributed by atoms with E-state index < -0.39 is 0 Å². The first-order valence-electron chi connectivity index (χ1n) is 7.82. The standard InChI is InChI=1S/C20H21NO3/c1-3-24-20(22)15-17-8-4-10-18(13-17)21-12-6-9-16-7-5-11-19(14-16)23-2/h4-5,7-8,10-11,13-14,21H,3,12,15H2,1-2H3. The Balaban J connectivity index is 1.90. The van der Waals surface area contributed by atoms with Gasteiger partial charge in [-0.2, -0.15) is 0 Å². The number of methoxy groups -OCH3 is 1. The monoisotopic (exact) mass is 323 g/mol. The SMILES string of the molecule is CCOC(=O)Cc1cccc(NCC#Cc2cccc(OC)c2)c1. The fourth-order valence-corrected chi connectivity index (χ4v) is 2.16. The Bertz CT molecular complexity index is 744. The van der Waals surface area contributed by atoms with E-state index in [4.69, 9.17) is 9.47 Å². The van der Waals surface area contributed by atoms with Crippen LogP contribution < -0.4 is 10.1 Å². The molecule has 0 fully saturated rings. The van der Waals surface area contributed by atoms with Crippen LogP contribution in [0.4, 0.5) is 5.69 Å². The summed E-state index contributed by atoms with van der Waals surface area (Å²) in [7, 11) is 1.64. The number of benzene rings is 2. The molecular formula is C20H21NO3. The second kappa shape index (κ2) is 9.26. The average molecular weight is 323 g/mol. The molecule has 0 aliphatic heterocycles. The molecule has 24 heavy (non-hydrogen) atoms. The normalized spacial score (nSPS) is 9.58. The summed E-state index contributed by atoms with van der Waals surface area (Å²) in [6.07, 6.45) is 0.277. The van der Waals surface area contributed by atoms with Crippen LogP contribution in [-0.4, -0.2) is 26.2 Å². The van der Waals surface area contributed by atoms with Gasteiger partial charge in [-0.3, -0.25) is 4.79 Å². The van der Waals surface area contributed by atoms with Gasteiger partial charge in [-0.1, -0.05) is 30.0 Å². The number of nitrogens with one attached hydrogen (secondary N) is 1. The van der Waals surface area contributed by atoms with Gasteiger partial charge in [0.1, 0.15) is 5.75 Å². The zero-order valence-corrected chi connectivity index (χ0v) is 14.0. The number of rotatable bonds is 6. The van der Waals surface area contributed by atoms with Crippen molar-refractivity contribution < 1.29 is 14.3 Å². The summed E-state index contributed by atoms with van der Waals surface area (Å²) in [5.41, 5.74) is 2.75. The van der Waals surface area contributed by atoms with Crippen molar-refractivity contribution in [3.63, 3.8) is 0 Å². The van der Waals surface area contributed by atoms with Gasteiger partial charge in [0.2, 0.25) is 0 Å². The van der Waals surface area contributed by atoms with Crippen molar-refractivity contribution in [1.29, 1.82) is 0 Å². The van der Waals surface area contributed by atoms with E-state index in [1.807, 2.05) is 48.5 Å². The smallest absolute Gasteiger partial charge is 0.310 e. The van der Waals surface area contributed by atoms with E-state index in [9.17, 15) is 4.79 Å². The van der Waals surface area contributed by atoms with Gasteiger partial charge in [-0.05, 0) is 42.8 Å². The van der Waals surface area contributed by atoms with Gasteiger partial charge in [0.25, 0.3) is 0 Å². The van der Waals surface area contributed by atoms with Gasteiger partial charge in [-0.15, -0.1) is 0 Å². The van der Waals surface area contributed by atoms with Crippen molar-refractivity contribution in [2.45, 2.75) is 13.3 Å². The molecule has 0 heterocycles. The first-order valence-corrected chi connectivity index (χ1v) is 7.82. The summed E-state index contributed by atoms with van der Waals surface area (Å²) in [5, 5.41) is 3.23. The van der Waals surface area contributed by atoms with Gasteiger partial charge in [0, 0.05) is 11.3 Å². The van der Waals surface area contributed by atoms with Crippen molar-refractivity contribution >= 4 is 11.7 Å². The van der Waals surface area contributed by atoms with E-state index >= 15 is 0 Å². The number of hydrogen-bond donors (Lipinski definition) is 1. The minimum atomic E-state index is -0.215. The van der Waals surface area contributed by atoms with Crippen LogP contribution in [0, 0.1) is 11.8 Å². The number of ether oxygens (including phenoxy) is 2. The largest absolute Gasteiger partial charge is 0.497 e. The number of anilines is 1. The average Bonchev–Trinajstić information content (AvgIpc) is 2.59. The summed E-state index contributed by atoms with van der Waals surface area (Å²) < 4.78 is 10.1. The van der Waals surface area contributed by atoms with Gasteiger partial charge >= 0.3 is 5.97 Å². The lowest BCUT2D eigenvalue weighted by Gasteiger charge is -2.06. The van der Waals surface area contributed by atoms with Gasteiger partial charge in [0.15, 0.2) is 0 Å². The Morgan fingerprint density at radius 3 is 2.79 bits per heavy atom. The molecule has 0 atom stereocenters. The first kappa shape index (κ1) is 17.4. The molecule has 0 saturated heterocycles. The number of carbonyl (C=O) groups excluding carboxylic acids is 1. The van der Waals surface area contributed by atoms with E-state index in [2.05, 4.69) is 17.2 Å². The molecule has 4 nitrogen and oxygen atoms in total. The molecule has 4 heteroatoms. The Morgan fingerprint density at radius 2 is 2.00 bits per heavy atom. The van der Waals surface area contributed by atoms with E-state index in [-0.39, 0.29) is 12.4 Å². The van der Waals surface area contributed by atoms with Crippen LogP contribution >= 0.6 is 0 Å². The zero-order chi connectivity index (χ0) is 17.2. The molecule has 0 aliphatic rings. The highest BCUT2D eigenvalue weighted by atomic mass is 16.5. The van der Waals surface area contributed by atoms with Crippen LogP contribution in [0.15, 0.2) is 48.5 Å². The summed E-state index contributed by atoms with van der Waals surface area (Å²) in [6, 6.07) is 15.3. The third-order valence-electron chi connectivity index (χ3n) is 3.26. The predicted octanol–water partition coefficient (Wildman–Crippen LogP) is 3.26. The lowest BCUT2D eigenvalue weighted by molar-refractivity contribution is -0.142. The summed E-state index contributed by atoms with van der Waals surface area (Å²) in [4.78, 5) is 11.5. The van der Waals surface area contributed by atoms with E-state index in [0.717, 1.165) is 22.6 Å². The maximum absolute atomic E-state index is 11.5. The zero-order valence-electron chi connectivity index (χ0n) is 14.0. The predicted molar refractivity (Wildman–Crippen MR) is 95.1 cm³/mol. The molecule has 124 valence electrons. The molecule has 2 rings (SSSR count). The van der Waals surface area contributed by atoms with E-state index in [1.165, 1.54) is 0 Å². The molecule has 0 spiro atoms. The van der Waals surface area contributed by atoms with Crippen LogP contribution in [0.2, 0.25) is 0 Å². The number of esters is 1. The van der Waals surface area contributed by atoms with Crippen molar-refractivity contribution in [3.05, 3.63) is 59.7 Å². The lowest BCUT2D eigenvalue weighted by Crippen LogP contribution is -2.08. The number of hydrogen-bond acceptors (Lipinski definition) is 4. The minimum absolute atomic E-state index is 0.215. The van der Waals surface area contributed by atoms with Crippen molar-refractivity contribution in [3.8, 4) is 17.6 Å². The molecule has 0 saturated carbocycles. The molecule has 2 aromatic carbocycles. The highest BCUT2D eigenvalue weighted by Crippen LogP contribution is 2.12. The maximum atomic E-state index is 11.5. The molecule has 0 amide bonds. The molecule has 0 unspecified atom stereocenters. The molecule has 0 aliphatic carbocycles. The fraction of sp³-hybridized carbons (Fsp3) is 0.250. The Hall–Kier alpha value is -2.93. The van der Waals surface area contributed by atoms with Gasteiger partial charge in [0.05, 0.1) is 26.7 Å². The Morgan fingerprint density at radius 1 is 1.17 bits per heavy atom. The molecule has 0 bridgehead atoms. The maximum Gasteiger partial charge on any atom is 0.310 e. The molecule has 0 aromatic heterocycles. The van der Waals surface area contributed by atoms with E-state index in [0.29, 0.717) is 13.2 Å². The van der Waals surface area contributed by atoms with Crippen LogP contribution in [-0.2, 0) is 16.0 Å². The van der Waals surface area contributed by atoms with Crippen LogP contribution in [0.1, 0.15) is 18.1 Å². The first-order chi connectivity index (χ1) is 11.7. The second-order valence-corrected chi connectivity index (χ2v) is 5.07. The van der Waals surface area contributed by atoms with Crippen LogP contribution in [0.25, 0.3) is 0 Å². The van der Waals surface area contributed by atoms with Gasteiger partial charge < -0.3 is 14.8 Å². The highest BCUT2D eigenvalue weighted by Gasteiger charge is 2.04. The molecule has 1 N–H and O–H groups in total. The molecule has 2 aromatic rings. The lowest BCUT2D eigenvalue weighted by atomic mass is 10.1.